The first-order chi connectivity index (χ1) is 14.7. The summed E-state index contributed by atoms with van der Waals surface area (Å²) in [5, 5.41) is 11.8. The Balaban J connectivity index is 1.62. The Hall–Kier alpha value is -1.54. The number of anilines is 1. The van der Waals surface area contributed by atoms with Crippen LogP contribution in [0.1, 0.15) is 6.23 Å². The predicted molar refractivity (Wildman–Crippen MR) is 115 cm³/mol. The van der Waals surface area contributed by atoms with Gasteiger partial charge in [0.05, 0.1) is 6.61 Å². The number of aliphatic hydroxyl groups excluding tert-OH is 1. The number of aromatic nitrogens is 4. The van der Waals surface area contributed by atoms with Crippen LogP contribution in [0.25, 0.3) is 11.2 Å². The van der Waals surface area contributed by atoms with Crippen molar-refractivity contribution in [2.75, 3.05) is 12.3 Å². The lowest BCUT2D eigenvalue weighted by atomic mass is 10.1. The van der Waals surface area contributed by atoms with Crippen LogP contribution < -0.4 is 11.3 Å². The first kappa shape index (κ1) is 21.3. The average molecular weight is 504 g/mol. The van der Waals surface area contributed by atoms with Crippen LogP contribution in [-0.4, -0.2) is 54.4 Å². The second-order valence-electron chi connectivity index (χ2n) is 6.83. The molecule has 2 aromatic heterocycles. The molecule has 5 rings (SSSR count). The van der Waals surface area contributed by atoms with Gasteiger partial charge < -0.3 is 25.0 Å². The average Bonchev–Trinajstić information content (AvgIpc) is 3.20. The summed E-state index contributed by atoms with van der Waals surface area (Å²) in [5.74, 6) is -0.114. The van der Waals surface area contributed by atoms with Crippen molar-refractivity contribution in [3.63, 3.8) is 0 Å². The highest BCUT2D eigenvalue weighted by Crippen LogP contribution is 2.53. The summed E-state index contributed by atoms with van der Waals surface area (Å²) in [6, 6.07) is 7.00. The summed E-state index contributed by atoms with van der Waals surface area (Å²) < 4.78 is 18.0. The van der Waals surface area contributed by atoms with Gasteiger partial charge in [-0.3, -0.25) is 18.9 Å². The lowest BCUT2D eigenvalue weighted by molar-refractivity contribution is -0.0619. The molecule has 31 heavy (non-hydrogen) atoms. The summed E-state index contributed by atoms with van der Waals surface area (Å²) in [5.41, 5.74) is 5.36. The number of imidazole rings is 1. The molecule has 2 saturated heterocycles. The van der Waals surface area contributed by atoms with Crippen LogP contribution >= 0.6 is 30.1 Å². The zero-order chi connectivity index (χ0) is 21.9. The van der Waals surface area contributed by atoms with E-state index >= 15 is 0 Å². The van der Waals surface area contributed by atoms with Crippen LogP contribution in [0, 0.1) is 0 Å². The van der Waals surface area contributed by atoms with Gasteiger partial charge in [0, 0.05) is 9.92 Å². The van der Waals surface area contributed by atoms with Crippen LogP contribution in [0.2, 0.25) is 5.02 Å². The number of H-pyrrole nitrogens is 1. The van der Waals surface area contributed by atoms with Crippen LogP contribution in [0.4, 0.5) is 5.95 Å². The Morgan fingerprint density at radius 3 is 2.84 bits per heavy atom. The monoisotopic (exact) mass is 503 g/mol. The van der Waals surface area contributed by atoms with Gasteiger partial charge in [-0.05, 0) is 36.1 Å². The largest absolute Gasteiger partial charge is 0.386 e. The van der Waals surface area contributed by atoms with Gasteiger partial charge >= 0.3 is 6.72 Å². The third-order valence-corrected chi connectivity index (χ3v) is 7.57. The van der Waals surface area contributed by atoms with E-state index in [4.69, 9.17) is 42.9 Å². The van der Waals surface area contributed by atoms with Gasteiger partial charge in [-0.25, -0.2) is 4.98 Å². The molecule has 1 aromatic carbocycles. The van der Waals surface area contributed by atoms with Gasteiger partial charge in [-0.15, -0.1) is 0 Å². The maximum Gasteiger partial charge on any atom is 0.325 e. The number of rotatable bonds is 3. The number of nitrogens with one attached hydrogen (secondary N) is 1. The number of ether oxygens (including phenoxy) is 1. The molecule has 2 aliphatic heterocycles. The number of aromatic amines is 1. The topological polar surface area (TPSA) is 158 Å². The zero-order valence-electron chi connectivity index (χ0n) is 15.4. The molecule has 3 aromatic rings. The maximum atomic E-state index is 12.4. The third kappa shape index (κ3) is 3.90. The van der Waals surface area contributed by atoms with E-state index in [1.807, 2.05) is 0 Å². The fourth-order valence-electron chi connectivity index (χ4n) is 3.44. The highest BCUT2D eigenvalue weighted by molar-refractivity contribution is 8.07. The fraction of sp³-hybridized carbons (Fsp3) is 0.312. The molecule has 0 amide bonds. The Morgan fingerprint density at radius 2 is 2.10 bits per heavy atom. The minimum atomic E-state index is -3.47. The number of hydrogen-bond donors (Lipinski definition) is 4. The summed E-state index contributed by atoms with van der Waals surface area (Å²) in [7, 11) is 0. The minimum Gasteiger partial charge on any atom is -0.386 e. The molecule has 5 atom stereocenters. The van der Waals surface area contributed by atoms with Crippen molar-refractivity contribution in [2.45, 2.75) is 34.6 Å². The van der Waals surface area contributed by atoms with Crippen molar-refractivity contribution >= 4 is 59.0 Å². The molecular weight excluding hydrogens is 489 g/mol. The zero-order valence-corrected chi connectivity index (χ0v) is 18.7. The molecule has 1 unspecified atom stereocenters. The lowest BCUT2D eigenvalue weighted by Crippen LogP contribution is -2.39. The number of aliphatic hydroxyl groups is 1. The predicted octanol–water partition coefficient (Wildman–Crippen LogP) is 1.40. The molecule has 11 nitrogen and oxygen atoms in total. The number of nitrogen functional groups attached to an aromatic ring is 1. The molecule has 164 valence electrons. The lowest BCUT2D eigenvalue weighted by Gasteiger charge is -2.30. The number of nitrogens with zero attached hydrogens (tertiary/aromatic N) is 3. The molecule has 2 fully saturated rings. The fourth-order valence-corrected chi connectivity index (χ4v) is 5.92. The number of fused-ring (bicyclic) bond motifs is 2. The van der Waals surface area contributed by atoms with Crippen molar-refractivity contribution in [2.24, 2.45) is 0 Å². The van der Waals surface area contributed by atoms with E-state index in [-0.39, 0.29) is 23.7 Å². The second-order valence-corrected chi connectivity index (χ2v) is 11.1. The van der Waals surface area contributed by atoms with E-state index in [1.54, 1.807) is 24.3 Å². The third-order valence-electron chi connectivity index (χ3n) is 4.78. The van der Waals surface area contributed by atoms with Crippen molar-refractivity contribution in [1.82, 2.24) is 19.5 Å². The van der Waals surface area contributed by atoms with Crippen molar-refractivity contribution in [3.05, 3.63) is 39.6 Å². The van der Waals surface area contributed by atoms with Crippen LogP contribution in [0.15, 0.2) is 39.1 Å². The molecule has 0 aliphatic carbocycles. The van der Waals surface area contributed by atoms with Crippen LogP contribution in [0.3, 0.4) is 0 Å². The highest BCUT2D eigenvalue weighted by Gasteiger charge is 2.52. The molecule has 15 heteroatoms. The summed E-state index contributed by atoms with van der Waals surface area (Å²) in [6.45, 7) is -3.52. The number of hydrogen-bond acceptors (Lipinski definition) is 10. The second kappa shape index (κ2) is 7.80. The Kier molecular flexibility index (Phi) is 5.36. The van der Waals surface area contributed by atoms with E-state index in [2.05, 4.69) is 15.0 Å². The van der Waals surface area contributed by atoms with Gasteiger partial charge in [0.15, 0.2) is 22.5 Å². The Morgan fingerprint density at radius 1 is 1.35 bits per heavy atom. The van der Waals surface area contributed by atoms with Crippen molar-refractivity contribution in [1.29, 1.82) is 0 Å². The highest BCUT2D eigenvalue weighted by atomic mass is 35.5. The van der Waals surface area contributed by atoms with Gasteiger partial charge in [-0.2, -0.15) is 4.98 Å². The van der Waals surface area contributed by atoms with Gasteiger partial charge in [0.25, 0.3) is 5.56 Å². The molecular formula is C16H15ClN5O6PS2. The van der Waals surface area contributed by atoms with E-state index in [1.165, 1.54) is 16.3 Å². The molecule has 0 radical (unpaired) electrons. The maximum absolute atomic E-state index is 12.4. The van der Waals surface area contributed by atoms with Crippen LogP contribution in [0.5, 0.6) is 0 Å². The normalized spacial score (nSPS) is 30.5. The quantitative estimate of drug-likeness (QED) is 0.383. The summed E-state index contributed by atoms with van der Waals surface area (Å²) in [4.78, 5) is 34.2. The van der Waals surface area contributed by atoms with Crippen molar-refractivity contribution < 1.29 is 23.8 Å². The van der Waals surface area contributed by atoms with E-state index in [9.17, 15) is 14.8 Å². The molecule has 0 saturated carbocycles. The summed E-state index contributed by atoms with van der Waals surface area (Å²) >= 11 is 12.1. The summed E-state index contributed by atoms with van der Waals surface area (Å²) in [6.07, 6.45) is -3.89. The number of nitrogens with two attached hydrogens (primary N) is 1. The molecule has 2 aliphatic rings. The molecule has 0 spiro atoms. The molecule has 5 N–H and O–H groups in total. The SMILES string of the molecule is Nc1nc2c(nc(Sc3ccc(Cl)cc3)n2[C@@H]2O[C@@H]3COP(O)(=S)O[C@H]3[C@H]2O)c(=O)[nH]1. The van der Waals surface area contributed by atoms with Gasteiger partial charge in [-0.1, -0.05) is 23.4 Å². The standard InChI is InChI=1S/C16H15ClN5O6PS2/c17-6-1-3-7(4-2-6)31-16-19-9-12(20-15(18)21-13(9)24)22(16)14-10(23)11-8(27-14)5-26-29(25,30)28-11/h1-4,8,10-11,14,23H,5H2,(H,25,30)(H3,18,20,21,24)/t8-,10-,11-,14-,29?/m1/s1. The number of halogens is 1. The number of benzene rings is 1. The van der Waals surface area contributed by atoms with E-state index in [0.717, 1.165) is 4.90 Å². The first-order valence-corrected chi connectivity index (χ1v) is 12.7. The van der Waals surface area contributed by atoms with Crippen LogP contribution in [-0.2, 0) is 25.6 Å². The Labute approximate surface area is 188 Å². The van der Waals surface area contributed by atoms with Gasteiger partial charge in [0.2, 0.25) is 5.95 Å². The Bertz CT molecular complexity index is 1270. The minimum absolute atomic E-state index is 0.0285. The van der Waals surface area contributed by atoms with E-state index < -0.39 is 36.8 Å². The molecule has 4 heterocycles. The smallest absolute Gasteiger partial charge is 0.325 e. The molecule has 0 bridgehead atoms. The first-order valence-electron chi connectivity index (χ1n) is 8.92. The van der Waals surface area contributed by atoms with Crippen molar-refractivity contribution in [3.8, 4) is 0 Å². The van der Waals surface area contributed by atoms with Gasteiger partial charge in [0.1, 0.15) is 18.3 Å². The van der Waals surface area contributed by atoms with E-state index in [0.29, 0.717) is 10.2 Å².